The van der Waals surface area contributed by atoms with Crippen molar-refractivity contribution in [2.75, 3.05) is 13.7 Å². The van der Waals surface area contributed by atoms with E-state index in [1.165, 1.54) is 12.0 Å². The first-order chi connectivity index (χ1) is 17.1. The van der Waals surface area contributed by atoms with E-state index in [1.54, 1.807) is 20.8 Å². The first-order valence-electron chi connectivity index (χ1n) is 12.8. The number of nitrogens with zero attached hydrogens (tertiary/aromatic N) is 1. The van der Waals surface area contributed by atoms with Gasteiger partial charge in [-0.2, -0.15) is 0 Å². The number of hydrogen-bond acceptors (Lipinski definition) is 6. The van der Waals surface area contributed by atoms with Crippen molar-refractivity contribution < 1.29 is 37.5 Å². The molecule has 0 spiro atoms. The molecule has 12 heteroatoms. The van der Waals surface area contributed by atoms with Crippen molar-refractivity contribution in [3.63, 3.8) is 0 Å². The average molecular weight is 529 g/mol. The number of ether oxygens (including phenoxy) is 1. The zero-order valence-corrected chi connectivity index (χ0v) is 22.1. The summed E-state index contributed by atoms with van der Waals surface area (Å²) in [4.78, 5) is 65.7. The molecule has 0 unspecified atom stereocenters. The second kappa shape index (κ2) is 10.9. The molecule has 1 heterocycles. The zero-order chi connectivity index (χ0) is 27.7. The number of methoxy groups -OCH3 is 1. The summed E-state index contributed by atoms with van der Waals surface area (Å²) in [5.41, 5.74) is -0.708. The highest BCUT2D eigenvalue weighted by molar-refractivity contribution is 6.38. The molecule has 0 bridgehead atoms. The summed E-state index contributed by atoms with van der Waals surface area (Å²) in [5, 5.41) is 7.61. The maximum atomic E-state index is 13.6. The zero-order valence-electron chi connectivity index (χ0n) is 22.1. The van der Waals surface area contributed by atoms with Gasteiger partial charge in [0.2, 0.25) is 23.5 Å². The number of amides is 4. The third-order valence-corrected chi connectivity index (χ3v) is 7.40. The van der Waals surface area contributed by atoms with Crippen LogP contribution in [0.4, 0.5) is 13.6 Å². The van der Waals surface area contributed by atoms with Gasteiger partial charge in [-0.05, 0) is 56.3 Å². The minimum atomic E-state index is -3.09. The number of Topliss-reactive ketones (excluding diaryl/α,β-unsaturated/α-hetero) is 1. The Hall–Kier alpha value is -2.79. The van der Waals surface area contributed by atoms with E-state index in [4.69, 9.17) is 0 Å². The maximum absolute atomic E-state index is 13.6. The van der Waals surface area contributed by atoms with E-state index in [9.17, 15) is 32.8 Å². The Labute approximate surface area is 215 Å². The number of alkyl halides is 2. The quantitative estimate of drug-likeness (QED) is 0.370. The van der Waals surface area contributed by atoms with Crippen molar-refractivity contribution in [1.29, 1.82) is 0 Å². The first-order valence-corrected chi connectivity index (χ1v) is 12.8. The highest BCUT2D eigenvalue weighted by Crippen LogP contribution is 2.45. The Morgan fingerprint density at radius 3 is 2.14 bits per heavy atom. The number of halogens is 2. The van der Waals surface area contributed by atoms with Crippen LogP contribution >= 0.6 is 0 Å². The van der Waals surface area contributed by atoms with Crippen molar-refractivity contribution in [2.24, 2.45) is 17.3 Å². The van der Waals surface area contributed by atoms with Crippen LogP contribution in [0.25, 0.3) is 0 Å². The van der Waals surface area contributed by atoms with Crippen molar-refractivity contribution in [2.45, 2.75) is 96.3 Å². The van der Waals surface area contributed by atoms with Gasteiger partial charge in [0, 0.05) is 19.0 Å². The Balaban J connectivity index is 1.80. The van der Waals surface area contributed by atoms with Gasteiger partial charge in [-0.1, -0.05) is 20.8 Å². The fraction of sp³-hybridized carbons (Fsp3) is 0.800. The minimum Gasteiger partial charge on any atom is -0.453 e. The summed E-state index contributed by atoms with van der Waals surface area (Å²) >= 11 is 0. The number of ketones is 1. The molecule has 0 aromatic rings. The number of likely N-dealkylation sites (tertiary alicyclic amines) is 1. The highest BCUT2D eigenvalue weighted by atomic mass is 19.3. The Morgan fingerprint density at radius 2 is 1.65 bits per heavy atom. The monoisotopic (exact) mass is 528 g/mol. The van der Waals surface area contributed by atoms with Gasteiger partial charge in [-0.3, -0.25) is 19.2 Å². The predicted molar refractivity (Wildman–Crippen MR) is 128 cm³/mol. The van der Waals surface area contributed by atoms with Gasteiger partial charge in [-0.15, -0.1) is 0 Å². The molecule has 10 nitrogen and oxygen atoms in total. The molecule has 0 radical (unpaired) electrons. The van der Waals surface area contributed by atoms with Crippen LogP contribution in [0.1, 0.15) is 66.2 Å². The van der Waals surface area contributed by atoms with Gasteiger partial charge >= 0.3 is 6.09 Å². The maximum Gasteiger partial charge on any atom is 0.407 e. The molecule has 3 N–H and O–H groups in total. The number of fused-ring (bicyclic) bond motifs is 1. The van der Waals surface area contributed by atoms with E-state index in [1.807, 2.05) is 0 Å². The Kier molecular flexibility index (Phi) is 8.48. The van der Waals surface area contributed by atoms with Crippen LogP contribution in [0, 0.1) is 17.3 Å². The lowest BCUT2D eigenvalue weighted by atomic mass is 9.73. The van der Waals surface area contributed by atoms with Crippen LogP contribution in [-0.4, -0.2) is 78.2 Å². The molecule has 0 aromatic carbocycles. The SMILES string of the molecule is COC(=O)N[C@H](C(=O)N1C[C@@H]2CC[C@@H]2[C@H]1C(=O)N[C@@H](CCC(C)(F)F)C(=O)C(=O)NC1CC1)C(C)(C)C. The summed E-state index contributed by atoms with van der Waals surface area (Å²) in [6.07, 6.45) is 1.07. The molecule has 2 saturated carbocycles. The molecular formula is C25H38F2N4O6. The lowest BCUT2D eigenvalue weighted by Gasteiger charge is -2.36. The number of carbonyl (C=O) groups excluding carboxylic acids is 5. The van der Waals surface area contributed by atoms with E-state index < -0.39 is 71.9 Å². The van der Waals surface area contributed by atoms with Gasteiger partial charge < -0.3 is 25.6 Å². The van der Waals surface area contributed by atoms with Crippen molar-refractivity contribution in [3.8, 4) is 0 Å². The Bertz CT molecular complexity index is 927. The molecular weight excluding hydrogens is 490 g/mol. The molecule has 2 aliphatic carbocycles. The van der Waals surface area contributed by atoms with Crippen LogP contribution in [-0.2, 0) is 23.9 Å². The van der Waals surface area contributed by atoms with Crippen LogP contribution in [0.5, 0.6) is 0 Å². The van der Waals surface area contributed by atoms with Crippen molar-refractivity contribution in [1.82, 2.24) is 20.9 Å². The molecule has 5 atom stereocenters. The van der Waals surface area contributed by atoms with Gasteiger partial charge in [0.1, 0.15) is 12.1 Å². The van der Waals surface area contributed by atoms with Crippen molar-refractivity contribution >= 4 is 29.6 Å². The second-order valence-electron chi connectivity index (χ2n) is 11.7. The molecule has 1 saturated heterocycles. The normalized spacial score (nSPS) is 24.7. The molecule has 1 aliphatic heterocycles. The van der Waals surface area contributed by atoms with Crippen molar-refractivity contribution in [3.05, 3.63) is 0 Å². The fourth-order valence-corrected chi connectivity index (χ4v) is 4.95. The largest absolute Gasteiger partial charge is 0.453 e. The van der Waals surface area contributed by atoms with Gasteiger partial charge in [0.25, 0.3) is 5.91 Å². The number of rotatable bonds is 10. The Morgan fingerprint density at radius 1 is 1.00 bits per heavy atom. The molecule has 3 aliphatic rings. The number of alkyl carbamates (subject to hydrolysis) is 1. The minimum absolute atomic E-state index is 0.0748. The predicted octanol–water partition coefficient (Wildman–Crippen LogP) is 1.76. The molecule has 0 aromatic heterocycles. The van der Waals surface area contributed by atoms with E-state index in [2.05, 4.69) is 20.7 Å². The second-order valence-corrected chi connectivity index (χ2v) is 11.7. The molecule has 37 heavy (non-hydrogen) atoms. The standard InChI is InChI=1S/C25H38F2N4O6/c1-24(2,3)19(30-23(36)37-5)22(35)31-12-13-6-9-15(13)17(31)20(33)29-16(10-11-25(4,26)27)18(32)21(34)28-14-7-8-14/h13-17,19H,6-12H2,1-5H3,(H,28,34)(H,29,33)(H,30,36)/t13-,15-,16-,17-,19+/m0/s1. The summed E-state index contributed by atoms with van der Waals surface area (Å²) in [6.45, 7) is 6.30. The number of nitrogens with one attached hydrogen (secondary N) is 3. The first kappa shape index (κ1) is 28.8. The summed E-state index contributed by atoms with van der Waals surface area (Å²) in [5.74, 6) is -6.21. The van der Waals surface area contributed by atoms with E-state index in [0.29, 0.717) is 19.9 Å². The summed E-state index contributed by atoms with van der Waals surface area (Å²) < 4.78 is 31.9. The smallest absolute Gasteiger partial charge is 0.407 e. The topological polar surface area (TPSA) is 134 Å². The number of carbonyl (C=O) groups is 5. The van der Waals surface area contributed by atoms with E-state index >= 15 is 0 Å². The fourth-order valence-electron chi connectivity index (χ4n) is 4.95. The van der Waals surface area contributed by atoms with Crippen LogP contribution < -0.4 is 16.0 Å². The summed E-state index contributed by atoms with van der Waals surface area (Å²) in [7, 11) is 1.18. The van der Waals surface area contributed by atoms with Crippen LogP contribution in [0.2, 0.25) is 0 Å². The molecule has 3 rings (SSSR count). The molecule has 3 fully saturated rings. The molecule has 4 amide bonds. The van der Waals surface area contributed by atoms with Gasteiger partial charge in [0.05, 0.1) is 13.2 Å². The van der Waals surface area contributed by atoms with Gasteiger partial charge in [-0.25, -0.2) is 13.6 Å². The third kappa shape index (κ3) is 7.16. The highest BCUT2D eigenvalue weighted by Gasteiger charge is 2.54. The average Bonchev–Trinajstić information content (AvgIpc) is 3.55. The van der Waals surface area contributed by atoms with Crippen LogP contribution in [0.3, 0.4) is 0 Å². The lowest BCUT2D eigenvalue weighted by molar-refractivity contribution is -0.145. The number of hydrogen-bond donors (Lipinski definition) is 3. The van der Waals surface area contributed by atoms with Gasteiger partial charge in [0.15, 0.2) is 0 Å². The summed E-state index contributed by atoms with van der Waals surface area (Å²) in [6, 6.07) is -3.50. The van der Waals surface area contributed by atoms with Crippen LogP contribution in [0.15, 0.2) is 0 Å². The third-order valence-electron chi connectivity index (χ3n) is 7.40. The lowest BCUT2D eigenvalue weighted by Crippen LogP contribution is -2.60. The molecule has 208 valence electrons. The van der Waals surface area contributed by atoms with E-state index in [0.717, 1.165) is 19.3 Å². The van der Waals surface area contributed by atoms with E-state index in [-0.39, 0.29) is 17.9 Å².